The van der Waals surface area contributed by atoms with E-state index < -0.39 is 6.10 Å². The standard InChI is InChI=1S/C12H10Br2OS/c1-7-8(3-2-4-10(7)13)12(15)9-5-16-6-11(9)14/h2-6,12,15H,1H3. The Labute approximate surface area is 115 Å². The second-order valence-electron chi connectivity index (χ2n) is 3.53. The molecule has 0 saturated heterocycles. The molecule has 1 heterocycles. The van der Waals surface area contributed by atoms with Crippen molar-refractivity contribution in [2.24, 2.45) is 0 Å². The number of hydrogen-bond donors (Lipinski definition) is 1. The summed E-state index contributed by atoms with van der Waals surface area (Å²) in [5.74, 6) is 0. The Morgan fingerprint density at radius 1 is 1.12 bits per heavy atom. The lowest BCUT2D eigenvalue weighted by Crippen LogP contribution is -2.01. The van der Waals surface area contributed by atoms with E-state index >= 15 is 0 Å². The first kappa shape index (κ1) is 12.3. The van der Waals surface area contributed by atoms with Gasteiger partial charge in [0.2, 0.25) is 0 Å². The third-order valence-electron chi connectivity index (χ3n) is 2.54. The molecule has 1 N–H and O–H groups in total. The summed E-state index contributed by atoms with van der Waals surface area (Å²) in [6.07, 6.45) is -0.571. The van der Waals surface area contributed by atoms with E-state index in [4.69, 9.17) is 0 Å². The Morgan fingerprint density at radius 2 is 1.88 bits per heavy atom. The van der Waals surface area contributed by atoms with Crippen molar-refractivity contribution in [3.63, 3.8) is 0 Å². The van der Waals surface area contributed by atoms with Crippen LogP contribution in [0.2, 0.25) is 0 Å². The zero-order valence-corrected chi connectivity index (χ0v) is 12.6. The van der Waals surface area contributed by atoms with Gasteiger partial charge in [-0.05, 0) is 45.4 Å². The summed E-state index contributed by atoms with van der Waals surface area (Å²) in [5, 5.41) is 14.3. The Kier molecular flexibility index (Phi) is 3.85. The molecular formula is C12H10Br2OS. The second-order valence-corrected chi connectivity index (χ2v) is 5.98. The Morgan fingerprint density at radius 3 is 2.50 bits per heavy atom. The average molecular weight is 362 g/mol. The quantitative estimate of drug-likeness (QED) is 0.824. The van der Waals surface area contributed by atoms with Crippen molar-refractivity contribution in [3.8, 4) is 0 Å². The van der Waals surface area contributed by atoms with Crippen LogP contribution in [0.1, 0.15) is 22.8 Å². The van der Waals surface area contributed by atoms with E-state index in [-0.39, 0.29) is 0 Å². The molecule has 0 amide bonds. The second kappa shape index (κ2) is 5.00. The molecule has 1 nitrogen and oxygen atoms in total. The predicted octanol–water partition coefficient (Wildman–Crippen LogP) is 4.66. The van der Waals surface area contributed by atoms with E-state index in [2.05, 4.69) is 31.9 Å². The maximum absolute atomic E-state index is 10.3. The van der Waals surface area contributed by atoms with Crippen LogP contribution in [0.5, 0.6) is 0 Å². The number of aliphatic hydroxyl groups is 1. The molecule has 84 valence electrons. The molecule has 0 fully saturated rings. The van der Waals surface area contributed by atoms with Gasteiger partial charge in [0.25, 0.3) is 0 Å². The monoisotopic (exact) mass is 360 g/mol. The van der Waals surface area contributed by atoms with Crippen molar-refractivity contribution in [2.75, 3.05) is 0 Å². The van der Waals surface area contributed by atoms with Gasteiger partial charge in [0.05, 0.1) is 0 Å². The molecule has 1 aromatic carbocycles. The maximum Gasteiger partial charge on any atom is 0.106 e. The van der Waals surface area contributed by atoms with Crippen LogP contribution in [0.3, 0.4) is 0 Å². The van der Waals surface area contributed by atoms with Gasteiger partial charge in [-0.25, -0.2) is 0 Å². The number of rotatable bonds is 2. The summed E-state index contributed by atoms with van der Waals surface area (Å²) in [4.78, 5) is 0. The summed E-state index contributed by atoms with van der Waals surface area (Å²) in [5.41, 5.74) is 2.94. The minimum Gasteiger partial charge on any atom is -0.384 e. The van der Waals surface area contributed by atoms with Crippen LogP contribution >= 0.6 is 43.2 Å². The highest BCUT2D eigenvalue weighted by Crippen LogP contribution is 2.34. The highest BCUT2D eigenvalue weighted by atomic mass is 79.9. The smallest absolute Gasteiger partial charge is 0.106 e. The largest absolute Gasteiger partial charge is 0.384 e. The third kappa shape index (κ3) is 2.25. The summed E-state index contributed by atoms with van der Waals surface area (Å²) in [6, 6.07) is 5.87. The first-order valence-corrected chi connectivity index (χ1v) is 7.29. The van der Waals surface area contributed by atoms with Gasteiger partial charge in [0.15, 0.2) is 0 Å². The fourth-order valence-corrected chi connectivity index (χ4v) is 3.49. The molecule has 0 aliphatic carbocycles. The van der Waals surface area contributed by atoms with Gasteiger partial charge >= 0.3 is 0 Å². The third-order valence-corrected chi connectivity index (χ3v) is 5.15. The molecule has 2 rings (SSSR count). The lowest BCUT2D eigenvalue weighted by molar-refractivity contribution is 0.219. The molecule has 2 aromatic rings. The highest BCUT2D eigenvalue weighted by molar-refractivity contribution is 9.10. The molecule has 0 spiro atoms. The van der Waals surface area contributed by atoms with Gasteiger partial charge in [-0.3, -0.25) is 0 Å². The molecule has 0 saturated carbocycles. The van der Waals surface area contributed by atoms with Crippen molar-refractivity contribution in [1.82, 2.24) is 0 Å². The predicted molar refractivity (Wildman–Crippen MR) is 75.0 cm³/mol. The summed E-state index contributed by atoms with van der Waals surface area (Å²) in [6.45, 7) is 2.00. The van der Waals surface area contributed by atoms with Crippen molar-refractivity contribution >= 4 is 43.2 Å². The van der Waals surface area contributed by atoms with Crippen LogP contribution in [0, 0.1) is 6.92 Å². The topological polar surface area (TPSA) is 20.2 Å². The number of aliphatic hydroxyl groups excluding tert-OH is 1. The first-order chi connectivity index (χ1) is 7.61. The lowest BCUT2D eigenvalue weighted by atomic mass is 10.00. The molecule has 0 radical (unpaired) electrons. The van der Waals surface area contributed by atoms with Gasteiger partial charge in [-0.15, -0.1) is 0 Å². The Hall–Kier alpha value is -0.160. The van der Waals surface area contributed by atoms with Crippen molar-refractivity contribution in [1.29, 1.82) is 0 Å². The summed E-state index contributed by atoms with van der Waals surface area (Å²) < 4.78 is 1.99. The van der Waals surface area contributed by atoms with E-state index in [1.807, 2.05) is 35.9 Å². The van der Waals surface area contributed by atoms with Crippen LogP contribution in [-0.4, -0.2) is 5.11 Å². The van der Waals surface area contributed by atoms with Crippen molar-refractivity contribution in [3.05, 3.63) is 54.6 Å². The molecule has 16 heavy (non-hydrogen) atoms. The minimum absolute atomic E-state index is 0.571. The van der Waals surface area contributed by atoms with Crippen LogP contribution in [0.25, 0.3) is 0 Å². The number of benzene rings is 1. The van der Waals surface area contributed by atoms with E-state index in [0.29, 0.717) is 0 Å². The fraction of sp³-hybridized carbons (Fsp3) is 0.167. The minimum atomic E-state index is -0.571. The molecule has 4 heteroatoms. The van der Waals surface area contributed by atoms with Crippen molar-refractivity contribution < 1.29 is 5.11 Å². The molecule has 1 atom stereocenters. The summed E-state index contributed by atoms with van der Waals surface area (Å²) >= 11 is 8.50. The average Bonchev–Trinajstić information content (AvgIpc) is 2.68. The molecule has 0 aliphatic rings. The molecule has 0 bridgehead atoms. The molecule has 1 unspecified atom stereocenters. The van der Waals surface area contributed by atoms with E-state index in [9.17, 15) is 5.11 Å². The Bertz CT molecular complexity index is 507. The molecular weight excluding hydrogens is 352 g/mol. The van der Waals surface area contributed by atoms with Gasteiger partial charge in [0, 0.05) is 19.9 Å². The highest BCUT2D eigenvalue weighted by Gasteiger charge is 2.17. The zero-order chi connectivity index (χ0) is 11.7. The Balaban J connectivity index is 2.46. The van der Waals surface area contributed by atoms with Crippen LogP contribution < -0.4 is 0 Å². The van der Waals surface area contributed by atoms with Crippen LogP contribution in [0.15, 0.2) is 37.9 Å². The van der Waals surface area contributed by atoms with E-state index in [1.54, 1.807) is 11.3 Å². The van der Waals surface area contributed by atoms with E-state index in [0.717, 1.165) is 25.6 Å². The normalized spacial score (nSPS) is 12.8. The number of thiophene rings is 1. The van der Waals surface area contributed by atoms with Crippen LogP contribution in [0.4, 0.5) is 0 Å². The van der Waals surface area contributed by atoms with Gasteiger partial charge in [0.1, 0.15) is 6.10 Å². The molecule has 0 aliphatic heterocycles. The fourth-order valence-electron chi connectivity index (χ4n) is 1.57. The SMILES string of the molecule is Cc1c(Br)cccc1C(O)c1cscc1Br. The number of halogens is 2. The number of hydrogen-bond acceptors (Lipinski definition) is 2. The lowest BCUT2D eigenvalue weighted by Gasteiger charge is -2.14. The van der Waals surface area contributed by atoms with Gasteiger partial charge < -0.3 is 5.11 Å². The van der Waals surface area contributed by atoms with Gasteiger partial charge in [-0.1, -0.05) is 28.1 Å². The molecule has 1 aromatic heterocycles. The first-order valence-electron chi connectivity index (χ1n) is 4.76. The van der Waals surface area contributed by atoms with Gasteiger partial charge in [-0.2, -0.15) is 11.3 Å². The van der Waals surface area contributed by atoms with Crippen molar-refractivity contribution in [2.45, 2.75) is 13.0 Å². The maximum atomic E-state index is 10.3. The summed E-state index contributed by atoms with van der Waals surface area (Å²) in [7, 11) is 0. The van der Waals surface area contributed by atoms with E-state index in [1.165, 1.54) is 0 Å². The van der Waals surface area contributed by atoms with Crippen LogP contribution in [-0.2, 0) is 0 Å². The zero-order valence-electron chi connectivity index (χ0n) is 8.58.